The Kier molecular flexibility index (Phi) is 8.21. The van der Waals surface area contributed by atoms with Gasteiger partial charge in [-0.1, -0.05) is 200 Å². The maximum Gasteiger partial charge on any atom is 0.0396 e. The second-order valence-corrected chi connectivity index (χ2v) is 12.2. The van der Waals surface area contributed by atoms with Gasteiger partial charge in [-0.2, -0.15) is 0 Å². The molecule has 0 atom stereocenters. The molecule has 0 heterocycles. The summed E-state index contributed by atoms with van der Waals surface area (Å²) < 4.78 is 0. The van der Waals surface area contributed by atoms with Crippen molar-refractivity contribution in [2.24, 2.45) is 0 Å². The molecule has 0 heteroatoms. The summed E-state index contributed by atoms with van der Waals surface area (Å²) in [4.78, 5) is 0. The number of hydrogen-bond donors (Lipinski definition) is 0. The summed E-state index contributed by atoms with van der Waals surface area (Å²) in [6.45, 7) is 0. The van der Waals surface area contributed by atoms with E-state index in [2.05, 4.69) is 200 Å². The van der Waals surface area contributed by atoms with E-state index in [0.29, 0.717) is 0 Å². The van der Waals surface area contributed by atoms with E-state index in [1.54, 1.807) is 0 Å². The van der Waals surface area contributed by atoms with Gasteiger partial charge < -0.3 is 0 Å². The Morgan fingerprint density at radius 3 is 1.21 bits per heavy atom. The van der Waals surface area contributed by atoms with Crippen LogP contribution in [0.4, 0.5) is 0 Å². The number of benzene rings is 8. The summed E-state index contributed by atoms with van der Waals surface area (Å²) in [5.41, 5.74) is 13.6. The van der Waals surface area contributed by atoms with Crippen LogP contribution < -0.4 is 0 Å². The molecule has 227 valence electrons. The number of rotatable bonds is 8. The van der Waals surface area contributed by atoms with E-state index in [1.807, 2.05) is 0 Å². The molecule has 48 heavy (non-hydrogen) atoms. The van der Waals surface area contributed by atoms with Gasteiger partial charge in [0.2, 0.25) is 0 Å². The summed E-state index contributed by atoms with van der Waals surface area (Å²) in [7, 11) is 0. The van der Waals surface area contributed by atoms with Gasteiger partial charge in [-0.25, -0.2) is 0 Å². The topological polar surface area (TPSA) is 0 Å². The zero-order valence-corrected chi connectivity index (χ0v) is 26.8. The number of hydrogen-bond acceptors (Lipinski definition) is 0. The first kappa shape index (κ1) is 29.4. The molecule has 0 aromatic heterocycles. The van der Waals surface area contributed by atoms with Crippen LogP contribution in [0.5, 0.6) is 0 Å². The largest absolute Gasteiger partial charge is 0.0622 e. The average Bonchev–Trinajstić information content (AvgIpc) is 3.18. The quantitative estimate of drug-likeness (QED) is 0.160. The fourth-order valence-electron chi connectivity index (χ4n) is 7.13. The lowest BCUT2D eigenvalue weighted by atomic mass is 9.75. The molecule has 0 saturated heterocycles. The first-order chi connectivity index (χ1) is 23.8. The minimum Gasteiger partial charge on any atom is -0.0622 e. The normalized spacial score (nSPS) is 11.2. The summed E-state index contributed by atoms with van der Waals surface area (Å²) in [5, 5.41) is 2.55. The van der Waals surface area contributed by atoms with E-state index in [-0.39, 0.29) is 0 Å². The van der Waals surface area contributed by atoms with E-state index in [9.17, 15) is 0 Å². The Hall–Kier alpha value is -5.98. The lowest BCUT2D eigenvalue weighted by molar-refractivity contribution is 1.04. The molecule has 0 N–H and O–H groups in total. The molecule has 0 aliphatic rings. The van der Waals surface area contributed by atoms with Crippen LogP contribution in [0.15, 0.2) is 200 Å². The van der Waals surface area contributed by atoms with Gasteiger partial charge in [-0.05, 0) is 78.4 Å². The molecule has 8 rings (SSSR count). The Morgan fingerprint density at radius 1 is 0.312 bits per heavy atom. The van der Waals surface area contributed by atoms with Gasteiger partial charge in [0.25, 0.3) is 0 Å². The van der Waals surface area contributed by atoms with Crippen molar-refractivity contribution in [2.45, 2.75) is 6.42 Å². The van der Waals surface area contributed by atoms with E-state index < -0.39 is 0 Å². The molecule has 0 spiro atoms. The molecular formula is C48H35. The second-order valence-electron chi connectivity index (χ2n) is 12.2. The van der Waals surface area contributed by atoms with Crippen LogP contribution in [0, 0.1) is 5.92 Å². The fraction of sp³-hybridized carbons (Fsp3) is 0.0208. The second kappa shape index (κ2) is 13.4. The first-order valence-corrected chi connectivity index (χ1v) is 16.7. The predicted octanol–water partition coefficient (Wildman–Crippen LogP) is 12.7. The van der Waals surface area contributed by atoms with E-state index in [4.69, 9.17) is 0 Å². The van der Waals surface area contributed by atoms with Crippen molar-refractivity contribution < 1.29 is 0 Å². The summed E-state index contributed by atoms with van der Waals surface area (Å²) in [6, 6.07) is 72.6. The maximum atomic E-state index is 2.33. The van der Waals surface area contributed by atoms with Gasteiger partial charge >= 0.3 is 0 Å². The monoisotopic (exact) mass is 611 g/mol. The third-order valence-corrected chi connectivity index (χ3v) is 9.32. The number of fused-ring (bicyclic) bond motifs is 1. The molecular weight excluding hydrogens is 577 g/mol. The van der Waals surface area contributed by atoms with E-state index in [1.165, 1.54) is 77.9 Å². The molecule has 0 aliphatic carbocycles. The third-order valence-electron chi connectivity index (χ3n) is 9.32. The van der Waals surface area contributed by atoms with Crippen molar-refractivity contribution in [3.05, 3.63) is 223 Å². The highest BCUT2D eigenvalue weighted by atomic mass is 14.3. The minimum absolute atomic E-state index is 0.775. The highest BCUT2D eigenvalue weighted by Crippen LogP contribution is 2.46. The molecule has 0 nitrogen and oxygen atoms in total. The Morgan fingerprint density at radius 2 is 0.708 bits per heavy atom. The fourth-order valence-corrected chi connectivity index (χ4v) is 7.13. The Balaban J connectivity index is 1.45. The van der Waals surface area contributed by atoms with Crippen molar-refractivity contribution in [3.8, 4) is 44.5 Å². The zero-order chi connectivity index (χ0) is 32.1. The third kappa shape index (κ3) is 5.74. The van der Waals surface area contributed by atoms with Crippen molar-refractivity contribution in [1.82, 2.24) is 0 Å². The van der Waals surface area contributed by atoms with Crippen molar-refractivity contribution >= 4 is 10.8 Å². The van der Waals surface area contributed by atoms with Crippen LogP contribution >= 0.6 is 0 Å². The molecule has 0 bridgehead atoms. The highest BCUT2D eigenvalue weighted by molar-refractivity contribution is 5.93. The van der Waals surface area contributed by atoms with Crippen molar-refractivity contribution in [1.29, 1.82) is 0 Å². The molecule has 0 fully saturated rings. The van der Waals surface area contributed by atoms with Crippen LogP contribution in [-0.2, 0) is 6.42 Å². The molecule has 8 aromatic rings. The molecule has 0 amide bonds. The Bertz CT molecular complexity index is 2150. The van der Waals surface area contributed by atoms with Crippen LogP contribution in [0.3, 0.4) is 0 Å². The SMILES string of the molecule is c1ccc(-c2cccc([C](Cc3cccc4ccccc34)c3cccc(-c4ccccc4)c3-c3ccccc3)c2-c2ccccc2)cc1. The predicted molar refractivity (Wildman–Crippen MR) is 204 cm³/mol. The van der Waals surface area contributed by atoms with Gasteiger partial charge in [0.05, 0.1) is 0 Å². The van der Waals surface area contributed by atoms with Gasteiger partial charge in [-0.15, -0.1) is 0 Å². The molecule has 0 saturated carbocycles. The zero-order valence-electron chi connectivity index (χ0n) is 26.8. The van der Waals surface area contributed by atoms with Gasteiger partial charge in [-0.3, -0.25) is 0 Å². The molecule has 8 aromatic carbocycles. The van der Waals surface area contributed by atoms with Gasteiger partial charge in [0.15, 0.2) is 0 Å². The summed E-state index contributed by atoms with van der Waals surface area (Å²) in [6.07, 6.45) is 0.775. The smallest absolute Gasteiger partial charge is 0.0396 e. The van der Waals surface area contributed by atoms with Crippen LogP contribution in [0.1, 0.15) is 16.7 Å². The van der Waals surface area contributed by atoms with Crippen LogP contribution in [0.25, 0.3) is 55.3 Å². The minimum atomic E-state index is 0.775. The highest BCUT2D eigenvalue weighted by Gasteiger charge is 2.27. The van der Waals surface area contributed by atoms with Crippen LogP contribution in [-0.4, -0.2) is 0 Å². The first-order valence-electron chi connectivity index (χ1n) is 16.7. The molecule has 1 radical (unpaired) electrons. The summed E-state index contributed by atoms with van der Waals surface area (Å²) >= 11 is 0. The lowest BCUT2D eigenvalue weighted by Crippen LogP contribution is -2.11. The standard InChI is InChI=1S/C48H35/c1-5-18-36(19-6-1)42-30-16-32-44(47(42)38-23-9-3-10-24-38)46(34-40-28-15-27-35-22-13-14-29-41(35)40)45-33-17-31-43(37-20-7-2-8-21-37)48(45)39-25-11-4-12-26-39/h1-33H,34H2. The van der Waals surface area contributed by atoms with E-state index in [0.717, 1.165) is 6.42 Å². The van der Waals surface area contributed by atoms with Gasteiger partial charge in [0, 0.05) is 5.92 Å². The molecule has 0 unspecified atom stereocenters. The Labute approximate surface area is 283 Å². The van der Waals surface area contributed by atoms with Crippen LogP contribution in [0.2, 0.25) is 0 Å². The van der Waals surface area contributed by atoms with Crippen molar-refractivity contribution in [3.63, 3.8) is 0 Å². The summed E-state index contributed by atoms with van der Waals surface area (Å²) in [5.74, 6) is 1.31. The molecule has 0 aliphatic heterocycles. The average molecular weight is 612 g/mol. The maximum absolute atomic E-state index is 2.33. The lowest BCUT2D eigenvalue weighted by Gasteiger charge is -2.27. The van der Waals surface area contributed by atoms with E-state index >= 15 is 0 Å². The van der Waals surface area contributed by atoms with Crippen molar-refractivity contribution in [2.75, 3.05) is 0 Å². The van der Waals surface area contributed by atoms with Gasteiger partial charge in [0.1, 0.15) is 0 Å².